The lowest BCUT2D eigenvalue weighted by atomic mass is 9.87. The molecule has 2 fully saturated rings. The molecule has 0 unspecified atom stereocenters. The highest BCUT2D eigenvalue weighted by atomic mass is 19.3. The normalized spacial score (nSPS) is 16.9. The predicted octanol–water partition coefficient (Wildman–Crippen LogP) is 11.2. The quantitative estimate of drug-likeness (QED) is 0.0139. The van der Waals surface area contributed by atoms with Crippen LogP contribution in [0, 0.1) is 23.5 Å². The number of ether oxygens (including phenoxy) is 10. The lowest BCUT2D eigenvalue weighted by molar-refractivity contribution is -0.277. The van der Waals surface area contributed by atoms with Gasteiger partial charge in [-0.25, -0.2) is 23.6 Å². The highest BCUT2D eigenvalue weighted by Gasteiger charge is 2.38. The summed E-state index contributed by atoms with van der Waals surface area (Å²) in [5.41, 5.74) is -0.276. The number of unbranched alkanes of at least 4 members (excludes halogenated alkanes) is 4. The van der Waals surface area contributed by atoms with Crippen LogP contribution in [0.25, 0.3) is 10.8 Å². The summed E-state index contributed by atoms with van der Waals surface area (Å²) in [6, 6.07) is 11.2. The van der Waals surface area contributed by atoms with Crippen LogP contribution in [0.4, 0.5) is 17.6 Å². The third-order valence-electron chi connectivity index (χ3n) is 12.6. The van der Waals surface area contributed by atoms with E-state index in [4.69, 9.17) is 47.4 Å². The smallest absolute Gasteiger partial charge is 0.383 e. The van der Waals surface area contributed by atoms with Crippen molar-refractivity contribution in [1.29, 1.82) is 0 Å². The molecule has 2 aliphatic carbocycles. The van der Waals surface area contributed by atoms with Crippen molar-refractivity contribution in [3.8, 4) is 17.2 Å². The number of hydrogen-bond acceptors (Lipinski definition) is 16. The number of esters is 6. The lowest BCUT2D eigenvalue weighted by Crippen LogP contribution is -2.32. The fraction of sp³-hybridized carbons (Fsp3) is 0.492. The number of carbonyl (C=O) groups is 6. The molecule has 16 nitrogen and oxygen atoms in total. The Bertz CT molecular complexity index is 2460. The van der Waals surface area contributed by atoms with Crippen LogP contribution in [0.1, 0.15) is 108 Å². The monoisotopic (exact) mass is 1110 g/mol. The van der Waals surface area contributed by atoms with Crippen molar-refractivity contribution in [3.63, 3.8) is 0 Å². The lowest BCUT2D eigenvalue weighted by Gasteiger charge is -2.30. The Balaban J connectivity index is 0.000000342. The number of carbonyl (C=O) groups excluding carboxylic acids is 6. The van der Waals surface area contributed by atoms with E-state index in [1.54, 1.807) is 6.07 Å². The predicted molar refractivity (Wildman–Crippen MR) is 282 cm³/mol. The molecular weight excluding hydrogens is 1040 g/mol. The first-order valence-electron chi connectivity index (χ1n) is 26.6. The number of fused-ring (bicyclic) bond motifs is 1. The van der Waals surface area contributed by atoms with E-state index in [0.717, 1.165) is 30.7 Å². The van der Waals surface area contributed by atoms with Crippen LogP contribution in [-0.4, -0.2) is 101 Å². The van der Waals surface area contributed by atoms with E-state index in [0.29, 0.717) is 127 Å². The zero-order valence-electron chi connectivity index (χ0n) is 44.6. The molecule has 432 valence electrons. The molecular formula is C59H72F4O16. The summed E-state index contributed by atoms with van der Waals surface area (Å²) < 4.78 is 111. The van der Waals surface area contributed by atoms with Gasteiger partial charge in [0.05, 0.1) is 75.9 Å². The first-order valence-corrected chi connectivity index (χ1v) is 26.6. The van der Waals surface area contributed by atoms with Crippen molar-refractivity contribution in [1.82, 2.24) is 0 Å². The first kappa shape index (κ1) is 64.5. The molecule has 79 heavy (non-hydrogen) atoms. The maximum Gasteiger partial charge on any atom is 0.383 e. The van der Waals surface area contributed by atoms with Crippen LogP contribution in [0.15, 0.2) is 99.2 Å². The zero-order valence-corrected chi connectivity index (χ0v) is 44.6. The van der Waals surface area contributed by atoms with Gasteiger partial charge >= 0.3 is 41.9 Å². The summed E-state index contributed by atoms with van der Waals surface area (Å²) in [6.45, 7) is 15.5. The van der Waals surface area contributed by atoms with Crippen LogP contribution in [-0.2, 0) is 68.0 Å². The van der Waals surface area contributed by atoms with E-state index in [-0.39, 0.29) is 79.4 Å². The molecule has 0 radical (unpaired) electrons. The summed E-state index contributed by atoms with van der Waals surface area (Å²) in [5.74, 6) is -5.19. The maximum atomic E-state index is 14.9. The number of halogens is 4. The van der Waals surface area contributed by atoms with Gasteiger partial charge in [-0.2, -0.15) is 13.2 Å². The third kappa shape index (κ3) is 23.8. The van der Waals surface area contributed by atoms with Crippen LogP contribution >= 0.6 is 0 Å². The van der Waals surface area contributed by atoms with E-state index >= 15 is 0 Å². The molecule has 2 saturated carbocycles. The second-order valence-corrected chi connectivity index (χ2v) is 18.5. The van der Waals surface area contributed by atoms with E-state index in [2.05, 4.69) is 26.3 Å². The Labute approximate surface area is 458 Å². The van der Waals surface area contributed by atoms with Gasteiger partial charge in [-0.3, -0.25) is 9.59 Å². The van der Waals surface area contributed by atoms with Crippen molar-refractivity contribution < 1.29 is 93.7 Å². The van der Waals surface area contributed by atoms with Crippen LogP contribution < -0.4 is 14.2 Å². The number of alkyl halides is 2. The van der Waals surface area contributed by atoms with E-state index in [1.165, 1.54) is 42.5 Å². The van der Waals surface area contributed by atoms with Crippen LogP contribution in [0.3, 0.4) is 0 Å². The fourth-order valence-corrected chi connectivity index (χ4v) is 8.21. The van der Waals surface area contributed by atoms with Gasteiger partial charge in [-0.1, -0.05) is 32.4 Å². The van der Waals surface area contributed by atoms with Gasteiger partial charge in [0, 0.05) is 36.3 Å². The van der Waals surface area contributed by atoms with Crippen molar-refractivity contribution in [2.45, 2.75) is 121 Å². The molecule has 0 aliphatic heterocycles. The largest absolute Gasteiger partial charge is 0.494 e. The molecule has 0 amide bonds. The zero-order chi connectivity index (χ0) is 57.4. The molecule has 3 aromatic rings. The molecule has 5 rings (SSSR count). The number of hydrogen-bond donors (Lipinski definition) is 0. The first-order chi connectivity index (χ1) is 38.1. The molecule has 0 heterocycles. The summed E-state index contributed by atoms with van der Waals surface area (Å²) in [5, 5.41) is 0.378. The van der Waals surface area contributed by atoms with E-state index in [1.807, 2.05) is 0 Å². The summed E-state index contributed by atoms with van der Waals surface area (Å²) >= 11 is 0. The molecule has 20 heteroatoms. The van der Waals surface area contributed by atoms with Crippen molar-refractivity contribution in [2.24, 2.45) is 11.8 Å². The van der Waals surface area contributed by atoms with Crippen molar-refractivity contribution in [3.05, 3.63) is 116 Å². The standard InChI is InChI=1S/C31H36F2O8.C28H36F2O8/c1-3-27(34)39-17-7-5-15-37-23-12-9-21(10-13-23)31(36)41-24-14-11-22-19-26(30(33)29(32)25(22)20-24)38-16-6-8-18-40-28(35)4-2;1-3-25(31)35-18-6-5-17-34-23-15-11-22(12-16-23)28(29,30)38-24-13-9-21(10-14-24)27(33)37-20-8-7-19-36-26(32)4-2/h3-4,11,14,19-21,23H,1-2,5-10,12-13,15-18H2;3-4,11-12,15-16,21,24H,1-2,5-10,13-14,17-20H2. The molecule has 2 aliphatic rings. The van der Waals surface area contributed by atoms with Crippen molar-refractivity contribution >= 4 is 46.6 Å². The Kier molecular flexibility index (Phi) is 28.9. The topological polar surface area (TPSA) is 195 Å². The number of benzene rings is 3. The highest BCUT2D eigenvalue weighted by molar-refractivity contribution is 5.87. The minimum absolute atomic E-state index is 0.0205. The van der Waals surface area contributed by atoms with Crippen molar-refractivity contribution in [2.75, 3.05) is 52.9 Å². The summed E-state index contributed by atoms with van der Waals surface area (Å²) in [6.07, 6.45) is 9.20. The van der Waals surface area contributed by atoms with E-state index in [9.17, 15) is 46.3 Å². The Hall–Kier alpha value is -7.06. The van der Waals surface area contributed by atoms with Gasteiger partial charge in [0.25, 0.3) is 0 Å². The third-order valence-corrected chi connectivity index (χ3v) is 12.6. The van der Waals surface area contributed by atoms with Gasteiger partial charge in [-0.15, -0.1) is 0 Å². The molecule has 0 bridgehead atoms. The van der Waals surface area contributed by atoms with Crippen LogP contribution in [0.2, 0.25) is 0 Å². The van der Waals surface area contributed by atoms with Gasteiger partial charge in [0.2, 0.25) is 5.82 Å². The maximum absolute atomic E-state index is 14.9. The highest BCUT2D eigenvalue weighted by Crippen LogP contribution is 2.37. The minimum atomic E-state index is -3.47. The fourth-order valence-electron chi connectivity index (χ4n) is 8.21. The molecule has 3 aromatic carbocycles. The minimum Gasteiger partial charge on any atom is -0.494 e. The Morgan fingerprint density at radius 2 is 0.911 bits per heavy atom. The molecule has 0 aromatic heterocycles. The summed E-state index contributed by atoms with van der Waals surface area (Å²) in [4.78, 5) is 68.9. The van der Waals surface area contributed by atoms with E-state index < -0.39 is 53.7 Å². The Morgan fingerprint density at radius 3 is 1.42 bits per heavy atom. The second kappa shape index (κ2) is 35.4. The van der Waals surface area contributed by atoms with Crippen LogP contribution in [0.5, 0.6) is 17.2 Å². The Morgan fingerprint density at radius 1 is 0.481 bits per heavy atom. The van der Waals surface area contributed by atoms with Gasteiger partial charge in [-0.05, 0) is 151 Å². The average molecular weight is 1110 g/mol. The SMILES string of the molecule is C=CC(=O)OCCCCOC(=O)C1CCC(OC(F)(F)c2ccc(OCCCCOC(=O)C=C)cc2)CC1.C=CC(=O)OCCCCOc1cc2ccc(OC(=O)C3CCC(OCCCCOC(=O)C=C)CC3)cc2c(F)c1F. The average Bonchev–Trinajstić information content (AvgIpc) is 3.51. The molecule has 0 atom stereocenters. The number of rotatable bonds is 33. The van der Waals surface area contributed by atoms with Gasteiger partial charge in [0.15, 0.2) is 11.6 Å². The molecule has 0 N–H and O–H groups in total. The molecule has 0 spiro atoms. The van der Waals surface area contributed by atoms with Gasteiger partial charge < -0.3 is 47.4 Å². The second-order valence-electron chi connectivity index (χ2n) is 18.5. The van der Waals surface area contributed by atoms with Gasteiger partial charge in [0.1, 0.15) is 11.5 Å². The summed E-state index contributed by atoms with van der Waals surface area (Å²) in [7, 11) is 0. The molecule has 0 saturated heterocycles.